The van der Waals surface area contributed by atoms with E-state index in [0.717, 1.165) is 10.9 Å². The number of benzene rings is 3. The van der Waals surface area contributed by atoms with Crippen LogP contribution in [-0.4, -0.2) is 27.4 Å². The summed E-state index contributed by atoms with van der Waals surface area (Å²) in [5, 5.41) is 2.88. The number of carbonyl (C=O) groups excluding carboxylic acids is 1. The van der Waals surface area contributed by atoms with Gasteiger partial charge in [-0.2, -0.15) is 0 Å². The van der Waals surface area contributed by atoms with Gasteiger partial charge in [-0.15, -0.1) is 0 Å². The average Bonchev–Trinajstić information content (AvgIpc) is 2.75. The van der Waals surface area contributed by atoms with Gasteiger partial charge in [0.15, 0.2) is 0 Å². The highest BCUT2D eigenvalue weighted by molar-refractivity contribution is 5.84. The van der Waals surface area contributed by atoms with Crippen molar-refractivity contribution in [2.24, 2.45) is 0 Å². The molecule has 2 heterocycles. The predicted molar refractivity (Wildman–Crippen MR) is 114 cm³/mol. The molecule has 0 N–H and O–H groups in total. The van der Waals surface area contributed by atoms with Crippen molar-refractivity contribution in [2.75, 3.05) is 7.05 Å². The van der Waals surface area contributed by atoms with Gasteiger partial charge in [0.05, 0.1) is 16.9 Å². The average molecular weight is 383 g/mol. The number of rotatable bonds is 2. The summed E-state index contributed by atoms with van der Waals surface area (Å²) < 4.78 is 1.58. The van der Waals surface area contributed by atoms with Crippen LogP contribution >= 0.6 is 0 Å². The third-order valence-corrected chi connectivity index (χ3v) is 5.94. The largest absolute Gasteiger partial charge is 0.333 e. The zero-order valence-corrected chi connectivity index (χ0v) is 16.4. The first kappa shape index (κ1) is 17.6. The van der Waals surface area contributed by atoms with E-state index in [2.05, 4.69) is 30.3 Å². The van der Waals surface area contributed by atoms with E-state index in [1.807, 2.05) is 30.3 Å². The first-order valence-electron chi connectivity index (χ1n) is 9.80. The van der Waals surface area contributed by atoms with Crippen LogP contribution in [-0.2, 0) is 11.2 Å². The van der Waals surface area contributed by atoms with E-state index in [9.17, 15) is 9.59 Å². The maximum absolute atomic E-state index is 13.2. The van der Waals surface area contributed by atoms with E-state index in [1.54, 1.807) is 29.5 Å². The van der Waals surface area contributed by atoms with Crippen molar-refractivity contribution in [2.45, 2.75) is 25.4 Å². The third-order valence-electron chi connectivity index (χ3n) is 5.94. The minimum atomic E-state index is -0.563. The zero-order chi connectivity index (χ0) is 20.1. The molecule has 1 amide bonds. The van der Waals surface area contributed by atoms with Crippen LogP contribution in [0.3, 0.4) is 0 Å². The summed E-state index contributed by atoms with van der Waals surface area (Å²) in [6.07, 6.45) is 0.602. The third kappa shape index (κ3) is 2.73. The Bertz CT molecular complexity index is 1320. The van der Waals surface area contributed by atoms with Crippen molar-refractivity contribution in [1.82, 2.24) is 14.5 Å². The lowest BCUT2D eigenvalue weighted by molar-refractivity contribution is -0.137. The van der Waals surface area contributed by atoms with Crippen molar-refractivity contribution < 1.29 is 4.79 Å². The molecule has 0 saturated carbocycles. The van der Waals surface area contributed by atoms with Crippen LogP contribution in [0.25, 0.3) is 21.7 Å². The molecule has 5 rings (SSSR count). The summed E-state index contributed by atoms with van der Waals surface area (Å²) in [7, 11) is 1.80. The molecule has 0 bridgehead atoms. The van der Waals surface area contributed by atoms with Crippen LogP contribution in [0.4, 0.5) is 0 Å². The fourth-order valence-electron chi connectivity index (χ4n) is 4.32. The van der Waals surface area contributed by atoms with Gasteiger partial charge in [-0.05, 0) is 35.4 Å². The molecule has 5 heteroatoms. The second-order valence-electron chi connectivity index (χ2n) is 7.69. The monoisotopic (exact) mass is 383 g/mol. The standard InChI is InChI=1S/C24H21N3O2/c1-15-23(28)26(2)21(14-16-11-12-17-7-3-4-8-18(17)13-16)22-25-20-10-6-5-9-19(20)24(29)27(15)22/h3-13,15,21H,14H2,1-2H3/t15-,21+/m0/s1. The Morgan fingerprint density at radius 1 is 0.931 bits per heavy atom. The minimum Gasteiger partial charge on any atom is -0.333 e. The number of hydrogen-bond donors (Lipinski definition) is 0. The molecule has 1 aromatic heterocycles. The van der Waals surface area contributed by atoms with E-state index in [-0.39, 0.29) is 17.5 Å². The van der Waals surface area contributed by atoms with Gasteiger partial charge in [-0.25, -0.2) is 4.98 Å². The van der Waals surface area contributed by atoms with E-state index in [0.29, 0.717) is 23.1 Å². The van der Waals surface area contributed by atoms with Crippen LogP contribution in [0, 0.1) is 0 Å². The van der Waals surface area contributed by atoms with Gasteiger partial charge >= 0.3 is 0 Å². The topological polar surface area (TPSA) is 55.2 Å². The molecule has 144 valence electrons. The number of likely N-dealkylation sites (N-methyl/N-ethyl adjacent to an activating group) is 1. The molecule has 0 unspecified atom stereocenters. The molecule has 5 nitrogen and oxygen atoms in total. The quantitative estimate of drug-likeness (QED) is 0.528. The number of para-hydroxylation sites is 1. The highest BCUT2D eigenvalue weighted by atomic mass is 16.2. The van der Waals surface area contributed by atoms with Gasteiger partial charge in [-0.3, -0.25) is 14.2 Å². The van der Waals surface area contributed by atoms with Gasteiger partial charge in [0, 0.05) is 13.5 Å². The minimum absolute atomic E-state index is 0.0672. The molecular formula is C24H21N3O2. The van der Waals surface area contributed by atoms with Crippen molar-refractivity contribution in [3.63, 3.8) is 0 Å². The van der Waals surface area contributed by atoms with Crippen molar-refractivity contribution in [3.05, 3.63) is 88.5 Å². The molecule has 2 atom stereocenters. The number of nitrogens with zero attached hydrogens (tertiary/aromatic N) is 3. The summed E-state index contributed by atoms with van der Waals surface area (Å²) in [5.74, 6) is 0.582. The van der Waals surface area contributed by atoms with Crippen LogP contribution in [0.1, 0.15) is 30.4 Å². The molecule has 4 aromatic rings. The van der Waals surface area contributed by atoms with Crippen molar-refractivity contribution in [1.29, 1.82) is 0 Å². The van der Waals surface area contributed by atoms with E-state index in [1.165, 1.54) is 5.39 Å². The summed E-state index contributed by atoms with van der Waals surface area (Å²) in [4.78, 5) is 32.6. The lowest BCUT2D eigenvalue weighted by Crippen LogP contribution is -2.48. The Kier molecular flexibility index (Phi) is 3.98. The van der Waals surface area contributed by atoms with Crippen molar-refractivity contribution in [3.8, 4) is 0 Å². The molecule has 1 aliphatic rings. The molecule has 3 aromatic carbocycles. The summed E-state index contributed by atoms with van der Waals surface area (Å²) in [5.41, 5.74) is 1.63. The normalized spacial score (nSPS) is 19.0. The number of hydrogen-bond acceptors (Lipinski definition) is 3. The Morgan fingerprint density at radius 2 is 1.66 bits per heavy atom. The van der Waals surface area contributed by atoms with Crippen LogP contribution in [0.15, 0.2) is 71.5 Å². The van der Waals surface area contributed by atoms with Crippen LogP contribution in [0.5, 0.6) is 0 Å². The fourth-order valence-corrected chi connectivity index (χ4v) is 4.32. The van der Waals surface area contributed by atoms with Gasteiger partial charge < -0.3 is 4.90 Å². The second kappa shape index (κ2) is 6.55. The first-order chi connectivity index (χ1) is 14.0. The van der Waals surface area contributed by atoms with E-state index >= 15 is 0 Å². The Morgan fingerprint density at radius 3 is 2.48 bits per heavy atom. The maximum atomic E-state index is 13.2. The number of aromatic nitrogens is 2. The predicted octanol–water partition coefficient (Wildman–Crippen LogP) is 3.87. The first-order valence-corrected chi connectivity index (χ1v) is 9.80. The summed E-state index contributed by atoms with van der Waals surface area (Å²) in [6.45, 7) is 1.77. The lowest BCUT2D eigenvalue weighted by Gasteiger charge is -2.37. The number of fused-ring (bicyclic) bond motifs is 3. The molecule has 0 spiro atoms. The van der Waals surface area contributed by atoms with Gasteiger partial charge in [0.25, 0.3) is 5.56 Å². The molecule has 0 saturated heterocycles. The zero-order valence-electron chi connectivity index (χ0n) is 16.4. The lowest BCUT2D eigenvalue weighted by atomic mass is 9.98. The van der Waals surface area contributed by atoms with Gasteiger partial charge in [0.2, 0.25) is 5.91 Å². The maximum Gasteiger partial charge on any atom is 0.262 e. The summed E-state index contributed by atoms with van der Waals surface area (Å²) >= 11 is 0. The van der Waals surface area contributed by atoms with E-state index in [4.69, 9.17) is 4.98 Å². The second-order valence-corrected chi connectivity index (χ2v) is 7.69. The number of amides is 1. The molecular weight excluding hydrogens is 362 g/mol. The molecule has 0 fully saturated rings. The van der Waals surface area contributed by atoms with Crippen LogP contribution < -0.4 is 5.56 Å². The van der Waals surface area contributed by atoms with E-state index < -0.39 is 6.04 Å². The Labute approximate surface area is 168 Å². The van der Waals surface area contributed by atoms with Gasteiger partial charge in [0.1, 0.15) is 11.9 Å². The molecule has 1 aliphatic heterocycles. The molecule has 0 aliphatic carbocycles. The Balaban J connectivity index is 1.67. The highest BCUT2D eigenvalue weighted by Gasteiger charge is 2.37. The molecule has 29 heavy (non-hydrogen) atoms. The van der Waals surface area contributed by atoms with Gasteiger partial charge in [-0.1, -0.05) is 54.6 Å². The smallest absolute Gasteiger partial charge is 0.262 e. The Hall–Kier alpha value is -3.47. The summed E-state index contributed by atoms with van der Waals surface area (Å²) in [6, 6.07) is 21.0. The number of carbonyl (C=O) groups is 1. The van der Waals surface area contributed by atoms with Crippen LogP contribution in [0.2, 0.25) is 0 Å². The molecule has 0 radical (unpaired) electrons. The highest BCUT2D eigenvalue weighted by Crippen LogP contribution is 2.32. The van der Waals surface area contributed by atoms with Crippen molar-refractivity contribution >= 4 is 27.6 Å². The fraction of sp³-hybridized carbons (Fsp3) is 0.208. The SMILES string of the molecule is C[C@H]1C(=O)N(C)[C@H](Cc2ccc3ccccc3c2)c2nc3ccccc3c(=O)n21.